The minimum absolute atomic E-state index is 0.0980. The molecule has 200 valence electrons. The van der Waals surface area contributed by atoms with Crippen molar-refractivity contribution in [3.05, 3.63) is 64.3 Å². The summed E-state index contributed by atoms with van der Waals surface area (Å²) in [6, 6.07) is 12.3. The lowest BCUT2D eigenvalue weighted by Gasteiger charge is -2.16. The number of carbonyl (C=O) groups excluding carboxylic acids is 2. The van der Waals surface area contributed by atoms with Gasteiger partial charge in [0.15, 0.2) is 4.90 Å². The molecule has 1 amide bonds. The molecule has 8 nitrogen and oxygen atoms in total. The standard InChI is InChI=1S/C27H33ClN2O6S/c1-5-34-10-11-35-12-13-36-26(31)17-37(33)21-8-6-20(7-9-21)19(3)29-27(32)25-16-22-23(28)14-18(2)15-24(22)30(25)4/h6-9,14-16,19H,5,10-13,17H2,1-4H3,(H,29,32)/t19-,37?/m1/s1. The fraction of sp³-hybridized carbons (Fsp3) is 0.407. The van der Waals surface area contributed by atoms with E-state index in [-0.39, 0.29) is 30.9 Å². The Labute approximate surface area is 225 Å². The van der Waals surface area contributed by atoms with Gasteiger partial charge in [0.1, 0.15) is 12.3 Å². The van der Waals surface area contributed by atoms with Crippen LogP contribution in [0.3, 0.4) is 0 Å². The number of fused-ring (bicyclic) bond motifs is 1. The molecule has 2 atom stereocenters. The van der Waals surface area contributed by atoms with Crippen LogP contribution in [-0.2, 0) is 37.2 Å². The second-order valence-electron chi connectivity index (χ2n) is 8.55. The summed E-state index contributed by atoms with van der Waals surface area (Å²) < 4.78 is 29.9. The van der Waals surface area contributed by atoms with Crippen LogP contribution < -0.4 is 5.32 Å². The van der Waals surface area contributed by atoms with Crippen molar-refractivity contribution < 1.29 is 28.4 Å². The number of rotatable bonds is 13. The van der Waals surface area contributed by atoms with Gasteiger partial charge in [-0.25, -0.2) is 4.79 Å². The van der Waals surface area contributed by atoms with E-state index in [9.17, 15) is 14.1 Å². The van der Waals surface area contributed by atoms with E-state index in [1.165, 1.54) is 0 Å². The van der Waals surface area contributed by atoms with Gasteiger partial charge in [0.05, 0.1) is 36.4 Å². The van der Waals surface area contributed by atoms with Crippen molar-refractivity contribution in [2.75, 3.05) is 38.8 Å². The summed E-state index contributed by atoms with van der Waals surface area (Å²) in [5.74, 6) is -1.02. The molecule has 0 aliphatic carbocycles. The zero-order valence-electron chi connectivity index (χ0n) is 21.5. The van der Waals surface area contributed by atoms with E-state index in [1.807, 2.05) is 44.5 Å². The van der Waals surface area contributed by atoms with Crippen molar-refractivity contribution in [1.29, 1.82) is 0 Å². The Balaban J connectivity index is 1.51. The zero-order chi connectivity index (χ0) is 26.9. The van der Waals surface area contributed by atoms with Crippen molar-refractivity contribution in [3.63, 3.8) is 0 Å². The Bertz CT molecular complexity index is 1210. The third-order valence-corrected chi connectivity index (χ3v) is 7.40. The van der Waals surface area contributed by atoms with Crippen LogP contribution in [0.5, 0.6) is 0 Å². The molecule has 3 rings (SSSR count). The summed E-state index contributed by atoms with van der Waals surface area (Å²) in [5.41, 5.74) is 3.26. The molecule has 0 saturated carbocycles. The number of ether oxygens (including phenoxy) is 3. The molecule has 0 saturated heterocycles. The molecule has 0 radical (unpaired) electrons. The van der Waals surface area contributed by atoms with Crippen LogP contribution in [0.1, 0.15) is 41.5 Å². The van der Waals surface area contributed by atoms with Crippen LogP contribution >= 0.6 is 11.6 Å². The molecular weight excluding hydrogens is 516 g/mol. The lowest BCUT2D eigenvalue weighted by atomic mass is 10.1. The van der Waals surface area contributed by atoms with Crippen molar-refractivity contribution in [3.8, 4) is 0 Å². The molecule has 2 aromatic carbocycles. The maximum atomic E-state index is 13.0. The van der Waals surface area contributed by atoms with Gasteiger partial charge in [0.2, 0.25) is 5.75 Å². The van der Waals surface area contributed by atoms with Gasteiger partial charge in [0.25, 0.3) is 5.91 Å². The van der Waals surface area contributed by atoms with E-state index in [0.717, 1.165) is 22.0 Å². The Morgan fingerprint density at radius 2 is 1.76 bits per heavy atom. The van der Waals surface area contributed by atoms with E-state index in [4.69, 9.17) is 25.8 Å². The lowest BCUT2D eigenvalue weighted by molar-refractivity contribution is -0.142. The van der Waals surface area contributed by atoms with Crippen molar-refractivity contribution in [1.82, 2.24) is 9.88 Å². The van der Waals surface area contributed by atoms with Crippen LogP contribution in [0.2, 0.25) is 5.02 Å². The SMILES string of the molecule is CCOCCOCCOC(=O)C[S+]([O-])c1ccc([C@@H](C)NC(=O)c2cc3c(Cl)cc(C)cc3n2C)cc1. The number of amides is 1. The van der Waals surface area contributed by atoms with Gasteiger partial charge < -0.3 is 28.6 Å². The highest BCUT2D eigenvalue weighted by Gasteiger charge is 2.20. The second-order valence-corrected chi connectivity index (χ2v) is 10.4. The molecule has 10 heteroatoms. The highest BCUT2D eigenvalue weighted by atomic mass is 35.5. The summed E-state index contributed by atoms with van der Waals surface area (Å²) in [5, 5.41) is 4.43. The first-order valence-corrected chi connectivity index (χ1v) is 13.8. The minimum atomic E-state index is -1.54. The Kier molecular flexibility index (Phi) is 10.8. The summed E-state index contributed by atoms with van der Waals surface area (Å²) in [6.07, 6.45) is 0. The number of benzene rings is 2. The monoisotopic (exact) mass is 548 g/mol. The fourth-order valence-electron chi connectivity index (χ4n) is 3.81. The molecule has 3 aromatic rings. The van der Waals surface area contributed by atoms with E-state index in [2.05, 4.69) is 5.32 Å². The van der Waals surface area contributed by atoms with Crippen molar-refractivity contribution in [2.24, 2.45) is 7.05 Å². The van der Waals surface area contributed by atoms with Gasteiger partial charge in [-0.1, -0.05) is 23.7 Å². The molecule has 0 fully saturated rings. The molecule has 0 aliphatic rings. The highest BCUT2D eigenvalue weighted by molar-refractivity contribution is 7.92. The van der Waals surface area contributed by atoms with Crippen molar-refractivity contribution >= 4 is 45.6 Å². The minimum Gasteiger partial charge on any atom is -0.611 e. The predicted octanol–water partition coefficient (Wildman–Crippen LogP) is 4.34. The topological polar surface area (TPSA) is 102 Å². The summed E-state index contributed by atoms with van der Waals surface area (Å²) in [4.78, 5) is 25.5. The molecule has 0 aliphatic heterocycles. The number of carbonyl (C=O) groups is 2. The second kappa shape index (κ2) is 13.8. The summed E-state index contributed by atoms with van der Waals surface area (Å²) in [7, 11) is 1.84. The number of halogens is 1. The zero-order valence-corrected chi connectivity index (χ0v) is 23.1. The van der Waals surface area contributed by atoms with Gasteiger partial charge in [-0.3, -0.25) is 4.79 Å². The smallest absolute Gasteiger partial charge is 0.356 e. The number of aromatic nitrogens is 1. The number of nitrogens with zero attached hydrogens (tertiary/aromatic N) is 1. The van der Waals surface area contributed by atoms with Crippen LogP contribution in [0, 0.1) is 6.92 Å². The fourth-order valence-corrected chi connectivity index (χ4v) is 5.04. The quantitative estimate of drug-likeness (QED) is 0.194. The third-order valence-electron chi connectivity index (χ3n) is 5.79. The van der Waals surface area contributed by atoms with Crippen LogP contribution in [-0.4, -0.2) is 59.8 Å². The van der Waals surface area contributed by atoms with Gasteiger partial charge in [0, 0.05) is 19.0 Å². The molecule has 0 spiro atoms. The molecule has 0 bridgehead atoms. The van der Waals surface area contributed by atoms with Crippen LogP contribution in [0.25, 0.3) is 10.9 Å². The first kappa shape index (κ1) is 29.0. The molecule has 1 heterocycles. The van der Waals surface area contributed by atoms with Gasteiger partial charge in [-0.2, -0.15) is 0 Å². The van der Waals surface area contributed by atoms with Gasteiger partial charge in [-0.15, -0.1) is 0 Å². The average Bonchev–Trinajstić information content (AvgIpc) is 3.20. The lowest BCUT2D eigenvalue weighted by Crippen LogP contribution is -2.28. The van der Waals surface area contributed by atoms with E-state index in [0.29, 0.717) is 35.4 Å². The largest absolute Gasteiger partial charge is 0.611 e. The molecule has 1 N–H and O–H groups in total. The maximum absolute atomic E-state index is 13.0. The predicted molar refractivity (Wildman–Crippen MR) is 145 cm³/mol. The molecule has 37 heavy (non-hydrogen) atoms. The van der Waals surface area contributed by atoms with E-state index >= 15 is 0 Å². The maximum Gasteiger partial charge on any atom is 0.356 e. The number of esters is 1. The first-order valence-electron chi connectivity index (χ1n) is 12.1. The van der Waals surface area contributed by atoms with Crippen molar-refractivity contribution in [2.45, 2.75) is 31.7 Å². The number of nitrogens with one attached hydrogen (secondary N) is 1. The number of aryl methyl sites for hydroxylation is 2. The molecular formula is C27H33ClN2O6S. The van der Waals surface area contributed by atoms with Gasteiger partial charge in [-0.05, 0) is 73.4 Å². The Morgan fingerprint density at radius 1 is 1.08 bits per heavy atom. The van der Waals surface area contributed by atoms with E-state index in [1.54, 1.807) is 30.3 Å². The van der Waals surface area contributed by atoms with E-state index < -0.39 is 17.1 Å². The number of hydrogen-bond donors (Lipinski definition) is 1. The average molecular weight is 549 g/mol. The first-order chi connectivity index (χ1) is 17.7. The summed E-state index contributed by atoms with van der Waals surface area (Å²) in [6.45, 7) is 7.63. The normalized spacial score (nSPS) is 12.9. The summed E-state index contributed by atoms with van der Waals surface area (Å²) >= 11 is 4.83. The van der Waals surface area contributed by atoms with Crippen LogP contribution in [0.4, 0.5) is 0 Å². The number of hydrogen-bond acceptors (Lipinski definition) is 6. The Hall–Kier alpha value is -2.56. The Morgan fingerprint density at radius 3 is 2.46 bits per heavy atom. The van der Waals surface area contributed by atoms with Crippen LogP contribution in [0.15, 0.2) is 47.4 Å². The molecule has 1 aromatic heterocycles. The highest BCUT2D eigenvalue weighted by Crippen LogP contribution is 2.28. The van der Waals surface area contributed by atoms with Gasteiger partial charge >= 0.3 is 5.97 Å². The molecule has 1 unspecified atom stereocenters. The third kappa shape index (κ3) is 7.96.